The van der Waals surface area contributed by atoms with Crippen LogP contribution in [0.1, 0.15) is 0 Å². The van der Waals surface area contributed by atoms with Gasteiger partial charge in [-0.15, -0.1) is 0 Å². The molecule has 0 aliphatic rings. The predicted octanol–water partition coefficient (Wildman–Crippen LogP) is -1.61. The Hall–Kier alpha value is -0.520. The summed E-state index contributed by atoms with van der Waals surface area (Å²) in [6.07, 6.45) is 0. The molecule has 15 heavy (non-hydrogen) atoms. The Labute approximate surface area is 96.6 Å². The average Bonchev–Trinajstić information content (AvgIpc) is 2.17. The van der Waals surface area contributed by atoms with Gasteiger partial charge in [-0.05, 0) is 22.6 Å². The Morgan fingerprint density at radius 3 is 2.07 bits per heavy atom. The van der Waals surface area contributed by atoms with Gasteiger partial charge in [0.2, 0.25) is 3.61 Å². The molecule has 0 radical (unpaired) electrons. The zero-order valence-electron chi connectivity index (χ0n) is 7.18. The molecule has 2 unspecified atom stereocenters. The molecule has 0 spiro atoms. The monoisotopic (exact) mass is 338 g/mol. The van der Waals surface area contributed by atoms with Crippen molar-refractivity contribution in [2.24, 2.45) is 0 Å². The number of aliphatic hydroxyl groups excluding tert-OH is 2. The second-order valence-corrected chi connectivity index (χ2v) is 4.28. The molecule has 0 heterocycles. The highest BCUT2D eigenvalue weighted by atomic mass is 127. The number of carboxylic acids is 1. The number of carbonyl (C=O) groups is 2. The molecular formula is C6H8FIO7. The molecule has 0 aromatic rings. The van der Waals surface area contributed by atoms with E-state index in [1.807, 2.05) is 0 Å². The molecule has 0 fully saturated rings. The van der Waals surface area contributed by atoms with E-state index in [2.05, 4.69) is 4.74 Å². The fourth-order valence-electron chi connectivity index (χ4n) is 0.433. The van der Waals surface area contributed by atoms with Crippen molar-refractivity contribution in [3.8, 4) is 0 Å². The summed E-state index contributed by atoms with van der Waals surface area (Å²) in [5.41, 5.74) is 0. The molecule has 9 heteroatoms. The van der Waals surface area contributed by atoms with Crippen molar-refractivity contribution in [1.29, 1.82) is 0 Å². The zero-order chi connectivity index (χ0) is 12.3. The van der Waals surface area contributed by atoms with Crippen LogP contribution in [-0.2, 0) is 14.3 Å². The fraction of sp³-hybridized carbons (Fsp3) is 0.667. The summed E-state index contributed by atoms with van der Waals surface area (Å²) in [6.45, 7) is -2.69. The molecule has 0 aliphatic heterocycles. The number of ether oxygens (including phenoxy) is 1. The van der Waals surface area contributed by atoms with E-state index in [-0.39, 0.29) is 0 Å². The Bertz CT molecular complexity index is 268. The van der Waals surface area contributed by atoms with Gasteiger partial charge in [0.15, 0.2) is 0 Å². The first-order valence-corrected chi connectivity index (χ1v) is 4.56. The van der Waals surface area contributed by atoms with Gasteiger partial charge < -0.3 is 25.2 Å². The maximum absolute atomic E-state index is 13.1. The maximum Gasteiger partial charge on any atom is 0.384 e. The minimum atomic E-state index is -3.63. The van der Waals surface area contributed by atoms with Gasteiger partial charge in [-0.25, -0.2) is 9.59 Å². The van der Waals surface area contributed by atoms with E-state index in [1.165, 1.54) is 0 Å². The number of aliphatic carboxylic acids is 1. The van der Waals surface area contributed by atoms with Crippen molar-refractivity contribution in [2.75, 3.05) is 13.2 Å². The summed E-state index contributed by atoms with van der Waals surface area (Å²) in [4.78, 5) is 21.2. The van der Waals surface area contributed by atoms with Crippen LogP contribution in [-0.4, -0.2) is 55.0 Å². The van der Waals surface area contributed by atoms with Crippen molar-refractivity contribution in [3.63, 3.8) is 0 Å². The molecule has 0 aromatic carbocycles. The molecule has 7 nitrogen and oxygen atoms in total. The van der Waals surface area contributed by atoms with Crippen molar-refractivity contribution >= 4 is 34.5 Å². The van der Waals surface area contributed by atoms with Crippen LogP contribution in [0.25, 0.3) is 0 Å². The van der Waals surface area contributed by atoms with E-state index < -0.39 is 34.6 Å². The zero-order valence-corrected chi connectivity index (χ0v) is 9.34. The standard InChI is InChI=1S/C6H8FIO7/c7-5(1-9,3(11)12)15-4(13)6(8,14)2-10/h9-10,14H,1-2H2,(H,11,12). The summed E-state index contributed by atoms with van der Waals surface area (Å²) in [7, 11) is 0. The Balaban J connectivity index is 4.72. The van der Waals surface area contributed by atoms with Crippen molar-refractivity contribution < 1.29 is 39.1 Å². The van der Waals surface area contributed by atoms with Crippen LogP contribution in [0.15, 0.2) is 0 Å². The predicted molar refractivity (Wildman–Crippen MR) is 50.7 cm³/mol. The molecule has 4 N–H and O–H groups in total. The van der Waals surface area contributed by atoms with E-state index in [0.717, 1.165) is 22.6 Å². The molecule has 0 aliphatic carbocycles. The second-order valence-electron chi connectivity index (χ2n) is 2.50. The number of esters is 1. The average molecular weight is 338 g/mol. The molecule has 0 aromatic heterocycles. The number of hydrogen-bond acceptors (Lipinski definition) is 6. The van der Waals surface area contributed by atoms with Crippen LogP contribution in [0.2, 0.25) is 0 Å². The molecule has 2 atom stereocenters. The van der Waals surface area contributed by atoms with E-state index in [9.17, 15) is 14.0 Å². The summed E-state index contributed by atoms with van der Waals surface area (Å²) >= 11 is 1.04. The Kier molecular flexibility index (Phi) is 4.83. The summed E-state index contributed by atoms with van der Waals surface area (Å²) in [5, 5.41) is 34.2. The summed E-state index contributed by atoms with van der Waals surface area (Å²) < 4.78 is 14.3. The third-order valence-electron chi connectivity index (χ3n) is 1.30. The molecule has 0 saturated heterocycles. The first-order valence-electron chi connectivity index (χ1n) is 3.48. The number of aliphatic hydroxyl groups is 3. The lowest BCUT2D eigenvalue weighted by molar-refractivity contribution is -0.216. The molecule has 0 bridgehead atoms. The number of rotatable bonds is 5. The van der Waals surface area contributed by atoms with Gasteiger partial charge >= 0.3 is 17.8 Å². The SMILES string of the molecule is O=C(OC(F)(CO)C(=O)O)C(O)(I)CO. The Morgan fingerprint density at radius 1 is 1.33 bits per heavy atom. The molecule has 0 saturated carbocycles. The van der Waals surface area contributed by atoms with Gasteiger partial charge in [-0.3, -0.25) is 0 Å². The highest BCUT2D eigenvalue weighted by Crippen LogP contribution is 2.21. The Morgan fingerprint density at radius 2 is 1.80 bits per heavy atom. The lowest BCUT2D eigenvalue weighted by Gasteiger charge is -2.23. The summed E-state index contributed by atoms with van der Waals surface area (Å²) in [5.74, 6) is -7.56. The number of halogens is 2. The van der Waals surface area contributed by atoms with Crippen LogP contribution in [0.4, 0.5) is 4.39 Å². The normalized spacial score (nSPS) is 18.7. The minimum Gasteiger partial charge on any atom is -0.476 e. The highest BCUT2D eigenvalue weighted by Gasteiger charge is 2.47. The van der Waals surface area contributed by atoms with Crippen molar-refractivity contribution in [1.82, 2.24) is 0 Å². The van der Waals surface area contributed by atoms with Gasteiger partial charge in [0, 0.05) is 0 Å². The maximum atomic E-state index is 13.1. The second kappa shape index (κ2) is 5.01. The molecule has 0 amide bonds. The van der Waals surface area contributed by atoms with E-state index in [4.69, 9.17) is 20.4 Å². The largest absolute Gasteiger partial charge is 0.476 e. The number of alkyl halides is 2. The van der Waals surface area contributed by atoms with Crippen molar-refractivity contribution in [2.45, 2.75) is 9.46 Å². The van der Waals surface area contributed by atoms with E-state index in [1.54, 1.807) is 0 Å². The van der Waals surface area contributed by atoms with Gasteiger partial charge in [0.1, 0.15) is 6.61 Å². The lowest BCUT2D eigenvalue weighted by atomic mass is 10.3. The number of carboxylic acid groups (broad SMARTS) is 1. The third kappa shape index (κ3) is 3.52. The van der Waals surface area contributed by atoms with Gasteiger partial charge in [-0.1, -0.05) is 0 Å². The molecule has 0 rings (SSSR count). The van der Waals surface area contributed by atoms with Crippen LogP contribution >= 0.6 is 22.6 Å². The minimum absolute atomic E-state index is 1.04. The summed E-state index contributed by atoms with van der Waals surface area (Å²) in [6, 6.07) is 0. The lowest BCUT2D eigenvalue weighted by Crippen LogP contribution is -2.48. The first kappa shape index (κ1) is 14.5. The third-order valence-corrected chi connectivity index (χ3v) is 2.08. The van der Waals surface area contributed by atoms with Gasteiger partial charge in [0.25, 0.3) is 0 Å². The number of carbonyl (C=O) groups excluding carboxylic acids is 1. The van der Waals surface area contributed by atoms with Crippen molar-refractivity contribution in [3.05, 3.63) is 0 Å². The van der Waals surface area contributed by atoms with Crippen LogP contribution in [0.5, 0.6) is 0 Å². The van der Waals surface area contributed by atoms with Crippen LogP contribution < -0.4 is 0 Å². The molecular weight excluding hydrogens is 330 g/mol. The highest BCUT2D eigenvalue weighted by molar-refractivity contribution is 14.1. The van der Waals surface area contributed by atoms with Crippen LogP contribution in [0.3, 0.4) is 0 Å². The quantitative estimate of drug-likeness (QED) is 0.270. The number of hydrogen-bond donors (Lipinski definition) is 4. The van der Waals surface area contributed by atoms with Gasteiger partial charge in [-0.2, -0.15) is 4.39 Å². The van der Waals surface area contributed by atoms with Crippen LogP contribution in [0, 0.1) is 0 Å². The topological polar surface area (TPSA) is 124 Å². The molecule has 88 valence electrons. The first-order chi connectivity index (χ1) is 6.69. The van der Waals surface area contributed by atoms with E-state index >= 15 is 0 Å². The smallest absolute Gasteiger partial charge is 0.384 e. The van der Waals surface area contributed by atoms with Gasteiger partial charge in [0.05, 0.1) is 6.61 Å². The fourth-order valence-corrected chi connectivity index (χ4v) is 0.543. The van der Waals surface area contributed by atoms with E-state index in [0.29, 0.717) is 0 Å².